The first-order valence-corrected chi connectivity index (χ1v) is 13.7. The molecule has 2 aromatic carbocycles. The van der Waals surface area contributed by atoms with Gasteiger partial charge in [0.1, 0.15) is 14.5 Å². The number of guanidine groups is 1. The molecule has 0 bridgehead atoms. The van der Waals surface area contributed by atoms with Gasteiger partial charge in [0.05, 0.1) is 11.8 Å². The van der Waals surface area contributed by atoms with Crippen LogP contribution < -0.4 is 10.6 Å². The molecule has 2 N–H and O–H groups in total. The summed E-state index contributed by atoms with van der Waals surface area (Å²) >= 11 is 0. The third-order valence-electron chi connectivity index (χ3n) is 4.61. The molecule has 1 saturated heterocycles. The van der Waals surface area contributed by atoms with Crippen LogP contribution in [-0.4, -0.2) is 44.2 Å². The van der Waals surface area contributed by atoms with Crippen molar-refractivity contribution in [2.24, 2.45) is 10.8 Å². The van der Waals surface area contributed by atoms with E-state index in [4.69, 9.17) is 25.3 Å². The Hall–Kier alpha value is -2.83. The molecule has 0 amide bonds. The minimum absolute atomic E-state index is 0.0798. The number of aliphatic imine (C=N–C) groups is 1. The molecule has 1 aliphatic rings. The monoisotopic (exact) mass is 452 g/mol. The Morgan fingerprint density at radius 2 is 1.84 bits per heavy atom. The van der Waals surface area contributed by atoms with Crippen molar-refractivity contribution >= 4 is 20.4 Å². The van der Waals surface area contributed by atoms with Gasteiger partial charge in [0.2, 0.25) is 5.96 Å². The molecule has 0 saturated carbocycles. The van der Waals surface area contributed by atoms with E-state index in [0.29, 0.717) is 12.5 Å². The zero-order valence-corrected chi connectivity index (χ0v) is 20.6. The molecule has 0 aromatic heterocycles. The highest BCUT2D eigenvalue weighted by molar-refractivity contribution is 6.64. The number of rotatable bonds is 5. The Balaban J connectivity index is 1.83. The number of hydrogen-bond acceptors (Lipinski definition) is 5. The maximum Gasteiger partial charge on any atom is 0.220 e. The molecule has 170 valence electrons. The number of nitrogens with zero attached hydrogens (tertiary/aromatic N) is 3. The maximum atomic E-state index is 6.21. The van der Waals surface area contributed by atoms with E-state index < -0.39 is 8.80 Å². The second-order valence-corrected chi connectivity index (χ2v) is 10.9. The van der Waals surface area contributed by atoms with Crippen molar-refractivity contribution in [3.8, 4) is 17.2 Å². The minimum atomic E-state index is -0.895. The van der Waals surface area contributed by atoms with Crippen molar-refractivity contribution in [3.63, 3.8) is 0 Å². The largest absolute Gasteiger partial charge is 0.491 e. The van der Waals surface area contributed by atoms with Crippen LogP contribution in [0.3, 0.4) is 0 Å². The number of benzene rings is 2. The first kappa shape index (κ1) is 23.8. The van der Waals surface area contributed by atoms with Crippen molar-refractivity contribution in [3.05, 3.63) is 59.2 Å². The molecule has 0 aliphatic carbocycles. The van der Waals surface area contributed by atoms with Gasteiger partial charge in [-0.15, -0.1) is 5.54 Å². The second-order valence-electron chi connectivity index (χ2n) is 8.31. The van der Waals surface area contributed by atoms with Crippen LogP contribution in [0.1, 0.15) is 30.5 Å². The van der Waals surface area contributed by atoms with E-state index in [1.165, 1.54) is 5.01 Å². The van der Waals surface area contributed by atoms with Gasteiger partial charge < -0.3 is 9.64 Å². The molecule has 0 radical (unpaired) electrons. The van der Waals surface area contributed by atoms with Crippen molar-refractivity contribution in [2.45, 2.75) is 46.5 Å². The zero-order chi connectivity index (χ0) is 23.1. The smallest absolute Gasteiger partial charge is 0.220 e. The van der Waals surface area contributed by atoms with E-state index in [1.807, 2.05) is 56.0 Å². The predicted molar refractivity (Wildman–Crippen MR) is 130 cm³/mol. The molecular weight excluding hydrogens is 420 g/mol. The van der Waals surface area contributed by atoms with E-state index in [0.717, 1.165) is 28.1 Å². The fourth-order valence-corrected chi connectivity index (χ4v) is 3.54. The van der Waals surface area contributed by atoms with Gasteiger partial charge in [0, 0.05) is 12.1 Å². The van der Waals surface area contributed by atoms with Gasteiger partial charge in [-0.25, -0.2) is 20.6 Å². The molecule has 0 spiro atoms. The third-order valence-corrected chi connectivity index (χ3v) is 5.33. The van der Waals surface area contributed by atoms with Gasteiger partial charge in [-0.2, -0.15) is 0 Å². The predicted octanol–water partition coefficient (Wildman–Crippen LogP) is 3.70. The lowest BCUT2D eigenvalue weighted by Crippen LogP contribution is -2.46. The van der Waals surface area contributed by atoms with E-state index >= 15 is 0 Å². The fourth-order valence-electron chi connectivity index (χ4n) is 3.09. The van der Waals surface area contributed by atoms with Gasteiger partial charge in [0.25, 0.3) is 0 Å². The average Bonchev–Trinajstić information content (AvgIpc) is 2.91. The van der Waals surface area contributed by atoms with Gasteiger partial charge >= 0.3 is 0 Å². The van der Waals surface area contributed by atoms with Gasteiger partial charge in [0.15, 0.2) is 13.5 Å². The van der Waals surface area contributed by atoms with Crippen LogP contribution in [0.4, 0.5) is 5.69 Å². The summed E-state index contributed by atoms with van der Waals surface area (Å²) < 4.78 is 5.83. The Morgan fingerprint density at radius 3 is 2.50 bits per heavy atom. The normalized spacial score (nSPS) is 15.7. The lowest BCUT2D eigenvalue weighted by Gasteiger charge is -2.26. The highest BCUT2D eigenvalue weighted by Crippen LogP contribution is 2.25. The number of ether oxygens (including phenoxy) is 1. The van der Waals surface area contributed by atoms with Gasteiger partial charge in [-0.3, -0.25) is 5.01 Å². The standard InChI is InChI=1S/C24H32N4O3Si/c1-18(2)31-23-11-10-22(14-19(23)3)26-24-27(16-29-30-17-28(24)25)15-21-8-6-20(7-9-21)12-13-32(4)5/h6-11,14,18,32H,15-17,25H2,1-5H3/b26-24-. The van der Waals surface area contributed by atoms with Crippen LogP contribution in [0.15, 0.2) is 47.5 Å². The Bertz CT molecular complexity index is 997. The summed E-state index contributed by atoms with van der Waals surface area (Å²) in [6, 6.07) is 14.1. The summed E-state index contributed by atoms with van der Waals surface area (Å²) in [6.07, 6.45) is 0.113. The molecule has 32 heavy (non-hydrogen) atoms. The van der Waals surface area contributed by atoms with E-state index in [9.17, 15) is 0 Å². The Labute approximate surface area is 192 Å². The molecule has 2 aromatic rings. The van der Waals surface area contributed by atoms with Crippen molar-refractivity contribution in [1.82, 2.24) is 9.91 Å². The quantitative estimate of drug-likeness (QED) is 0.323. The Morgan fingerprint density at radius 1 is 1.12 bits per heavy atom. The molecule has 1 fully saturated rings. The van der Waals surface area contributed by atoms with Crippen LogP contribution in [0.25, 0.3) is 0 Å². The van der Waals surface area contributed by atoms with Crippen LogP contribution >= 0.6 is 0 Å². The van der Waals surface area contributed by atoms with Crippen LogP contribution in [-0.2, 0) is 16.3 Å². The summed E-state index contributed by atoms with van der Waals surface area (Å²) in [6.45, 7) is 11.3. The highest BCUT2D eigenvalue weighted by Gasteiger charge is 2.22. The van der Waals surface area contributed by atoms with Gasteiger partial charge in [-0.05, 0) is 62.2 Å². The first-order valence-electron chi connectivity index (χ1n) is 10.8. The first-order chi connectivity index (χ1) is 15.3. The highest BCUT2D eigenvalue weighted by atomic mass is 28.3. The maximum absolute atomic E-state index is 6.21. The summed E-state index contributed by atoms with van der Waals surface area (Å²) in [5.41, 5.74) is 7.23. The van der Waals surface area contributed by atoms with Crippen molar-refractivity contribution in [1.29, 1.82) is 0 Å². The molecular formula is C24H32N4O3Si. The molecule has 1 heterocycles. The number of nitrogens with two attached hydrogens (primary N) is 1. The average molecular weight is 453 g/mol. The second kappa shape index (κ2) is 11.2. The summed E-state index contributed by atoms with van der Waals surface area (Å²) in [4.78, 5) is 17.2. The van der Waals surface area contributed by atoms with E-state index in [-0.39, 0.29) is 19.6 Å². The molecule has 7 nitrogen and oxygen atoms in total. The lowest BCUT2D eigenvalue weighted by molar-refractivity contribution is -0.314. The summed E-state index contributed by atoms with van der Waals surface area (Å²) in [5.74, 6) is 10.9. The molecule has 1 aliphatic heterocycles. The van der Waals surface area contributed by atoms with Crippen LogP contribution in [0.5, 0.6) is 5.75 Å². The molecule has 8 heteroatoms. The van der Waals surface area contributed by atoms with E-state index in [1.54, 1.807) is 0 Å². The fraction of sp³-hybridized carbons (Fsp3) is 0.375. The zero-order valence-electron chi connectivity index (χ0n) is 19.5. The van der Waals surface area contributed by atoms with Crippen LogP contribution in [0, 0.1) is 18.4 Å². The van der Waals surface area contributed by atoms with Crippen LogP contribution in [0.2, 0.25) is 13.1 Å². The number of aryl methyl sites for hydroxylation is 1. The lowest BCUT2D eigenvalue weighted by atomic mass is 10.1. The van der Waals surface area contributed by atoms with E-state index in [2.05, 4.69) is 36.7 Å². The molecule has 0 atom stereocenters. The third kappa shape index (κ3) is 6.84. The minimum Gasteiger partial charge on any atom is -0.491 e. The molecule has 0 unspecified atom stereocenters. The Kier molecular flexibility index (Phi) is 8.31. The molecule has 3 rings (SSSR count). The SMILES string of the molecule is Cc1cc(/N=C2\N(N)COOCN2Cc2ccc(C#C[SiH](C)C)cc2)ccc1OC(C)C. The summed E-state index contributed by atoms with van der Waals surface area (Å²) in [7, 11) is -0.895. The number of hydrazine groups is 1. The van der Waals surface area contributed by atoms with Crippen molar-refractivity contribution in [2.75, 3.05) is 13.5 Å². The topological polar surface area (TPSA) is 72.5 Å². The number of hydrogen-bond donors (Lipinski definition) is 1. The van der Waals surface area contributed by atoms with Crippen molar-refractivity contribution < 1.29 is 14.5 Å². The van der Waals surface area contributed by atoms with Gasteiger partial charge in [-0.1, -0.05) is 31.1 Å². The summed E-state index contributed by atoms with van der Waals surface area (Å²) in [5, 5.41) is 1.44.